The van der Waals surface area contributed by atoms with Gasteiger partial charge in [0.2, 0.25) is 11.4 Å². The Morgan fingerprint density at radius 1 is 0.880 bits per heavy atom. The van der Waals surface area contributed by atoms with Crippen LogP contribution >= 0.6 is 0 Å². The predicted octanol–water partition coefficient (Wildman–Crippen LogP) is 2.97. The van der Waals surface area contributed by atoms with Crippen molar-refractivity contribution in [3.05, 3.63) is 102 Å². The van der Waals surface area contributed by atoms with Gasteiger partial charge >= 0.3 is 5.66 Å². The number of rotatable bonds is 1. The second kappa shape index (κ2) is 4.99. The van der Waals surface area contributed by atoms with Crippen LogP contribution in [0.3, 0.4) is 0 Å². The number of aromatic nitrogens is 2. The van der Waals surface area contributed by atoms with Crippen molar-refractivity contribution in [3.8, 4) is 17.3 Å². The largest absolute Gasteiger partial charge is 0.416 e. The summed E-state index contributed by atoms with van der Waals surface area (Å²) in [4.78, 5) is 0. The monoisotopic (exact) mass is 321 g/mol. The average Bonchev–Trinajstić information content (AvgIpc) is 3.16. The first-order chi connectivity index (χ1) is 12.4. The second-order valence-electron chi connectivity index (χ2n) is 6.23. The Morgan fingerprint density at radius 2 is 1.64 bits per heavy atom. The summed E-state index contributed by atoms with van der Waals surface area (Å²) in [5.41, 5.74) is 5.35. The topological polar surface area (TPSA) is 31.5 Å². The van der Waals surface area contributed by atoms with Crippen LogP contribution in [0.4, 0.5) is 0 Å². The van der Waals surface area contributed by atoms with Gasteiger partial charge in [0.15, 0.2) is 12.4 Å². The summed E-state index contributed by atoms with van der Waals surface area (Å²) >= 11 is 0. The van der Waals surface area contributed by atoms with Crippen LogP contribution in [0.5, 0.6) is 0 Å². The lowest BCUT2D eigenvalue weighted by molar-refractivity contribution is -0.961. The van der Waals surface area contributed by atoms with E-state index in [2.05, 4.69) is 88.3 Å². The number of pyridine rings is 2. The van der Waals surface area contributed by atoms with Gasteiger partial charge in [0.25, 0.3) is 0 Å². The van der Waals surface area contributed by atoms with Gasteiger partial charge in [-0.15, -0.1) is 9.13 Å². The molecule has 3 aromatic rings. The Hall–Kier alpha value is -3.51. The minimum Gasteiger partial charge on any atom is -0.193 e. The lowest BCUT2D eigenvalue weighted by atomic mass is 9.91. The molecule has 0 amide bonds. The van der Waals surface area contributed by atoms with Crippen molar-refractivity contribution in [2.45, 2.75) is 5.66 Å². The first kappa shape index (κ1) is 13.9. The van der Waals surface area contributed by atoms with Gasteiger partial charge in [0.1, 0.15) is 11.1 Å². The Morgan fingerprint density at radius 3 is 2.52 bits per heavy atom. The van der Waals surface area contributed by atoms with E-state index in [4.69, 9.17) is 5.26 Å². The predicted molar refractivity (Wildman–Crippen MR) is 93.9 cm³/mol. The Balaban J connectivity index is 1.95. The normalized spacial score (nSPS) is 19.4. The Bertz CT molecular complexity index is 1070. The highest BCUT2D eigenvalue weighted by Gasteiger charge is 2.64. The fourth-order valence-electron chi connectivity index (χ4n) is 4.18. The second-order valence-corrected chi connectivity index (χ2v) is 6.23. The maximum Gasteiger partial charge on any atom is 0.416 e. The van der Waals surface area contributed by atoms with E-state index in [-0.39, 0.29) is 0 Å². The molecule has 0 saturated heterocycles. The van der Waals surface area contributed by atoms with E-state index in [1.165, 1.54) is 16.8 Å². The van der Waals surface area contributed by atoms with Crippen molar-refractivity contribution in [3.63, 3.8) is 0 Å². The number of nitrogens with zero attached hydrogens (tertiary/aromatic N) is 3. The third-order valence-corrected chi connectivity index (χ3v) is 5.07. The van der Waals surface area contributed by atoms with Crippen LogP contribution in [-0.4, -0.2) is 0 Å². The van der Waals surface area contributed by atoms with Gasteiger partial charge in [0, 0.05) is 36.4 Å². The van der Waals surface area contributed by atoms with Crippen molar-refractivity contribution in [1.29, 1.82) is 5.26 Å². The van der Waals surface area contributed by atoms with E-state index < -0.39 is 5.66 Å². The molecular weight excluding hydrogens is 306 g/mol. The number of benzene rings is 1. The molecule has 3 heteroatoms. The van der Waals surface area contributed by atoms with E-state index in [0.29, 0.717) is 0 Å². The highest BCUT2D eigenvalue weighted by atomic mass is 15.3. The number of nitriles is 1. The molecule has 116 valence electrons. The fourth-order valence-corrected chi connectivity index (χ4v) is 4.18. The molecule has 0 aliphatic carbocycles. The summed E-state index contributed by atoms with van der Waals surface area (Å²) in [6, 6.07) is 23.1. The van der Waals surface area contributed by atoms with Gasteiger partial charge in [0.05, 0.1) is 11.6 Å². The lowest BCUT2D eigenvalue weighted by Crippen LogP contribution is -2.72. The van der Waals surface area contributed by atoms with Gasteiger partial charge in [-0.1, -0.05) is 12.1 Å². The molecule has 1 spiro atoms. The van der Waals surface area contributed by atoms with E-state index in [9.17, 15) is 0 Å². The van der Waals surface area contributed by atoms with E-state index in [0.717, 1.165) is 11.3 Å². The molecule has 2 aliphatic rings. The van der Waals surface area contributed by atoms with Crippen LogP contribution in [-0.2, 0) is 5.66 Å². The number of hydrogen-bond acceptors (Lipinski definition) is 1. The van der Waals surface area contributed by atoms with Crippen LogP contribution in [0.2, 0.25) is 0 Å². The van der Waals surface area contributed by atoms with E-state index in [1.54, 1.807) is 6.08 Å². The first-order valence-electron chi connectivity index (χ1n) is 8.28. The SMILES string of the molecule is N#CC=CC1=Cc2cccc[n+]2C12c1ccccc1-c1cccc[n+]12. The van der Waals surface area contributed by atoms with E-state index in [1.807, 2.05) is 12.1 Å². The molecule has 2 aromatic heterocycles. The molecule has 4 heterocycles. The molecule has 2 aliphatic heterocycles. The zero-order chi connectivity index (χ0) is 16.9. The molecule has 0 N–H and O–H groups in total. The molecule has 1 atom stereocenters. The van der Waals surface area contributed by atoms with Crippen LogP contribution in [0.1, 0.15) is 11.3 Å². The average molecular weight is 321 g/mol. The molecule has 5 rings (SSSR count). The summed E-state index contributed by atoms with van der Waals surface area (Å²) in [5, 5.41) is 9.09. The maximum atomic E-state index is 9.09. The molecule has 0 saturated carbocycles. The van der Waals surface area contributed by atoms with Gasteiger partial charge in [-0.2, -0.15) is 5.26 Å². The van der Waals surface area contributed by atoms with Crippen LogP contribution in [0.15, 0.2) is 90.8 Å². The summed E-state index contributed by atoms with van der Waals surface area (Å²) < 4.78 is 4.60. The lowest BCUT2D eigenvalue weighted by Gasteiger charge is -2.17. The summed E-state index contributed by atoms with van der Waals surface area (Å²) in [7, 11) is 0. The number of hydrogen-bond donors (Lipinski definition) is 0. The van der Waals surface area contributed by atoms with Gasteiger partial charge in [-0.05, 0) is 30.3 Å². The molecule has 3 nitrogen and oxygen atoms in total. The molecule has 0 bridgehead atoms. The molecular formula is C22H15N3+2. The third kappa shape index (κ3) is 1.63. The smallest absolute Gasteiger partial charge is 0.193 e. The number of allylic oxidation sites excluding steroid dienone is 3. The van der Waals surface area contributed by atoms with Gasteiger partial charge in [-0.3, -0.25) is 0 Å². The minimum atomic E-state index is -0.489. The fraction of sp³-hybridized carbons (Fsp3) is 0.0455. The summed E-state index contributed by atoms with van der Waals surface area (Å²) in [5.74, 6) is 0. The zero-order valence-electron chi connectivity index (χ0n) is 13.5. The summed E-state index contributed by atoms with van der Waals surface area (Å²) in [6.07, 6.45) is 9.89. The minimum absolute atomic E-state index is 0.489. The standard InChI is InChI=1S/C22H15N3/c23-13-7-8-17-16-18-9-3-5-14-24(18)22(17)20-11-2-1-10-19(20)21-12-4-6-15-25(21)22/h1-12,14-16H/q+2. The van der Waals surface area contributed by atoms with Crippen LogP contribution in [0, 0.1) is 11.3 Å². The summed E-state index contributed by atoms with van der Waals surface area (Å²) in [6.45, 7) is 0. The molecule has 25 heavy (non-hydrogen) atoms. The Kier molecular flexibility index (Phi) is 2.77. The van der Waals surface area contributed by atoms with Crippen molar-refractivity contribution in [2.24, 2.45) is 0 Å². The Labute approximate surface area is 146 Å². The van der Waals surface area contributed by atoms with Crippen molar-refractivity contribution in [2.75, 3.05) is 0 Å². The third-order valence-electron chi connectivity index (χ3n) is 5.07. The molecule has 0 radical (unpaired) electrons. The van der Waals surface area contributed by atoms with Gasteiger partial charge in [-0.25, -0.2) is 0 Å². The zero-order valence-corrected chi connectivity index (χ0v) is 13.5. The van der Waals surface area contributed by atoms with Gasteiger partial charge < -0.3 is 0 Å². The molecule has 1 unspecified atom stereocenters. The van der Waals surface area contributed by atoms with Crippen molar-refractivity contribution >= 4 is 6.08 Å². The van der Waals surface area contributed by atoms with Crippen LogP contribution in [0.25, 0.3) is 17.3 Å². The van der Waals surface area contributed by atoms with Crippen molar-refractivity contribution in [1.82, 2.24) is 0 Å². The first-order valence-corrected chi connectivity index (χ1v) is 8.28. The quantitative estimate of drug-likeness (QED) is 0.501. The maximum absolute atomic E-state index is 9.09. The molecule has 0 fully saturated rings. The van der Waals surface area contributed by atoms with Crippen molar-refractivity contribution < 1.29 is 9.13 Å². The molecule has 1 aromatic carbocycles. The van der Waals surface area contributed by atoms with Crippen LogP contribution < -0.4 is 9.13 Å². The highest BCUT2D eigenvalue weighted by molar-refractivity contribution is 5.70. The van der Waals surface area contributed by atoms with E-state index >= 15 is 0 Å². The number of fused-ring (bicyclic) bond motifs is 7. The highest BCUT2D eigenvalue weighted by Crippen LogP contribution is 2.43.